The predicted molar refractivity (Wildman–Crippen MR) is 64.6 cm³/mol. The SMILES string of the molecule is OCC1CCN(Cc2cc(Br)ccc2F)C1. The van der Waals surface area contributed by atoms with Crippen molar-refractivity contribution in [3.63, 3.8) is 0 Å². The topological polar surface area (TPSA) is 23.5 Å². The Hall–Kier alpha value is -0.450. The lowest BCUT2D eigenvalue weighted by atomic mass is 10.1. The number of rotatable bonds is 3. The highest BCUT2D eigenvalue weighted by atomic mass is 79.9. The van der Waals surface area contributed by atoms with Crippen molar-refractivity contribution >= 4 is 15.9 Å². The van der Waals surface area contributed by atoms with Crippen LogP contribution in [0.25, 0.3) is 0 Å². The molecule has 1 aliphatic rings. The summed E-state index contributed by atoms with van der Waals surface area (Å²) in [5, 5.41) is 9.04. The molecule has 0 aromatic heterocycles. The molecule has 0 bridgehead atoms. The number of aliphatic hydroxyl groups is 1. The zero-order chi connectivity index (χ0) is 11.5. The van der Waals surface area contributed by atoms with Crippen molar-refractivity contribution in [3.8, 4) is 0 Å². The van der Waals surface area contributed by atoms with Gasteiger partial charge in [0.1, 0.15) is 5.82 Å². The second-order valence-corrected chi connectivity index (χ2v) is 5.22. The molecule has 1 fully saturated rings. The molecule has 1 aromatic carbocycles. The average molecular weight is 288 g/mol. The first-order valence-electron chi connectivity index (χ1n) is 5.46. The number of likely N-dealkylation sites (tertiary alicyclic amines) is 1. The number of hydrogen-bond donors (Lipinski definition) is 1. The minimum atomic E-state index is -0.157. The van der Waals surface area contributed by atoms with E-state index in [4.69, 9.17) is 5.11 Å². The standard InChI is InChI=1S/C12H15BrFNO/c13-11-1-2-12(14)10(5-11)7-15-4-3-9(6-15)8-16/h1-2,5,9,16H,3-4,6-8H2. The summed E-state index contributed by atoms with van der Waals surface area (Å²) in [5.74, 6) is 0.200. The van der Waals surface area contributed by atoms with E-state index in [0.717, 1.165) is 24.0 Å². The summed E-state index contributed by atoms with van der Waals surface area (Å²) in [6.07, 6.45) is 1.01. The minimum Gasteiger partial charge on any atom is -0.396 e. The second kappa shape index (κ2) is 5.25. The van der Waals surface area contributed by atoms with Crippen LogP contribution < -0.4 is 0 Å². The van der Waals surface area contributed by atoms with Crippen molar-refractivity contribution in [2.45, 2.75) is 13.0 Å². The van der Waals surface area contributed by atoms with Gasteiger partial charge in [-0.1, -0.05) is 15.9 Å². The zero-order valence-electron chi connectivity index (χ0n) is 9.00. The van der Waals surface area contributed by atoms with E-state index in [0.29, 0.717) is 18.0 Å². The summed E-state index contributed by atoms with van der Waals surface area (Å²) < 4.78 is 14.4. The van der Waals surface area contributed by atoms with Crippen LogP contribution in [-0.4, -0.2) is 29.7 Å². The van der Waals surface area contributed by atoms with Crippen molar-refractivity contribution in [3.05, 3.63) is 34.1 Å². The third kappa shape index (κ3) is 2.81. The summed E-state index contributed by atoms with van der Waals surface area (Å²) >= 11 is 3.35. The summed E-state index contributed by atoms with van der Waals surface area (Å²) in [5.41, 5.74) is 0.716. The number of halogens is 2. The highest BCUT2D eigenvalue weighted by molar-refractivity contribution is 9.10. The molecule has 1 heterocycles. The van der Waals surface area contributed by atoms with Crippen LogP contribution in [-0.2, 0) is 6.54 Å². The van der Waals surface area contributed by atoms with Gasteiger partial charge in [0.05, 0.1) is 0 Å². The van der Waals surface area contributed by atoms with E-state index in [1.54, 1.807) is 6.07 Å². The smallest absolute Gasteiger partial charge is 0.127 e. The fourth-order valence-electron chi connectivity index (χ4n) is 2.11. The van der Waals surface area contributed by atoms with Crippen LogP contribution in [0, 0.1) is 11.7 Å². The molecule has 16 heavy (non-hydrogen) atoms. The molecule has 0 radical (unpaired) electrons. The van der Waals surface area contributed by atoms with Crippen LogP contribution in [0.4, 0.5) is 4.39 Å². The zero-order valence-corrected chi connectivity index (χ0v) is 10.6. The Morgan fingerprint density at radius 1 is 1.50 bits per heavy atom. The third-order valence-electron chi connectivity index (χ3n) is 3.03. The first-order chi connectivity index (χ1) is 7.69. The molecule has 1 aliphatic heterocycles. The van der Waals surface area contributed by atoms with E-state index in [1.165, 1.54) is 6.07 Å². The Morgan fingerprint density at radius 2 is 2.31 bits per heavy atom. The minimum absolute atomic E-state index is 0.157. The maximum Gasteiger partial charge on any atom is 0.127 e. The van der Waals surface area contributed by atoms with Crippen LogP contribution >= 0.6 is 15.9 Å². The fraction of sp³-hybridized carbons (Fsp3) is 0.500. The molecular weight excluding hydrogens is 273 g/mol. The van der Waals surface area contributed by atoms with Gasteiger partial charge < -0.3 is 5.11 Å². The predicted octanol–water partition coefficient (Wildman–Crippen LogP) is 2.40. The summed E-state index contributed by atoms with van der Waals surface area (Å²) in [4.78, 5) is 2.19. The lowest BCUT2D eigenvalue weighted by Crippen LogP contribution is -2.21. The molecule has 4 heteroatoms. The number of benzene rings is 1. The van der Waals surface area contributed by atoms with Crippen molar-refractivity contribution in [1.82, 2.24) is 4.90 Å². The van der Waals surface area contributed by atoms with E-state index in [-0.39, 0.29) is 12.4 Å². The van der Waals surface area contributed by atoms with Gasteiger partial charge >= 0.3 is 0 Å². The van der Waals surface area contributed by atoms with E-state index in [1.807, 2.05) is 6.07 Å². The maximum atomic E-state index is 13.5. The van der Waals surface area contributed by atoms with Crippen LogP contribution in [0.2, 0.25) is 0 Å². The number of aliphatic hydroxyl groups excluding tert-OH is 1. The van der Waals surface area contributed by atoms with Gasteiger partial charge in [-0.25, -0.2) is 4.39 Å². The first kappa shape index (κ1) is 12.0. The Kier molecular flexibility index (Phi) is 3.95. The highest BCUT2D eigenvalue weighted by Crippen LogP contribution is 2.21. The highest BCUT2D eigenvalue weighted by Gasteiger charge is 2.22. The van der Waals surface area contributed by atoms with Gasteiger partial charge in [0.2, 0.25) is 0 Å². The first-order valence-corrected chi connectivity index (χ1v) is 6.25. The van der Waals surface area contributed by atoms with Crippen molar-refractivity contribution in [2.75, 3.05) is 19.7 Å². The van der Waals surface area contributed by atoms with Crippen LogP contribution in [0.1, 0.15) is 12.0 Å². The Labute approximate surface area is 103 Å². The van der Waals surface area contributed by atoms with Crippen molar-refractivity contribution in [2.24, 2.45) is 5.92 Å². The molecule has 0 spiro atoms. The third-order valence-corrected chi connectivity index (χ3v) is 3.52. The average Bonchev–Trinajstić information content (AvgIpc) is 2.71. The van der Waals surface area contributed by atoms with Crippen molar-refractivity contribution < 1.29 is 9.50 Å². The molecule has 1 N–H and O–H groups in total. The largest absolute Gasteiger partial charge is 0.396 e. The molecule has 1 aromatic rings. The molecule has 1 unspecified atom stereocenters. The molecule has 0 saturated carbocycles. The second-order valence-electron chi connectivity index (χ2n) is 4.31. The monoisotopic (exact) mass is 287 g/mol. The van der Waals surface area contributed by atoms with Crippen molar-refractivity contribution in [1.29, 1.82) is 0 Å². The quantitative estimate of drug-likeness (QED) is 0.923. The fourth-order valence-corrected chi connectivity index (χ4v) is 2.52. The normalized spacial score (nSPS) is 21.6. The summed E-state index contributed by atoms with van der Waals surface area (Å²) in [6, 6.07) is 5.01. The van der Waals surface area contributed by atoms with Gasteiger partial charge in [0.15, 0.2) is 0 Å². The molecule has 1 atom stereocenters. The Morgan fingerprint density at radius 3 is 3.00 bits per heavy atom. The molecule has 0 amide bonds. The van der Waals surface area contributed by atoms with Crippen LogP contribution in [0.5, 0.6) is 0 Å². The summed E-state index contributed by atoms with van der Waals surface area (Å²) in [6.45, 7) is 2.67. The maximum absolute atomic E-state index is 13.5. The number of hydrogen-bond acceptors (Lipinski definition) is 2. The molecule has 88 valence electrons. The van der Waals surface area contributed by atoms with Gasteiger partial charge in [0, 0.05) is 29.7 Å². The molecule has 2 nitrogen and oxygen atoms in total. The summed E-state index contributed by atoms with van der Waals surface area (Å²) in [7, 11) is 0. The number of nitrogens with zero attached hydrogens (tertiary/aromatic N) is 1. The van der Waals surface area contributed by atoms with Crippen LogP contribution in [0.15, 0.2) is 22.7 Å². The Balaban J connectivity index is 2.01. The van der Waals surface area contributed by atoms with Gasteiger partial charge in [-0.15, -0.1) is 0 Å². The lowest BCUT2D eigenvalue weighted by Gasteiger charge is -2.16. The Bertz CT molecular complexity index is 372. The van der Waals surface area contributed by atoms with Gasteiger partial charge in [-0.2, -0.15) is 0 Å². The van der Waals surface area contributed by atoms with E-state index in [9.17, 15) is 4.39 Å². The molecule has 2 rings (SSSR count). The molecule has 0 aliphatic carbocycles. The van der Waals surface area contributed by atoms with Gasteiger partial charge in [0.25, 0.3) is 0 Å². The molecular formula is C12H15BrFNO. The van der Waals surface area contributed by atoms with Gasteiger partial charge in [-0.05, 0) is 37.1 Å². The van der Waals surface area contributed by atoms with E-state index >= 15 is 0 Å². The van der Waals surface area contributed by atoms with Crippen LogP contribution in [0.3, 0.4) is 0 Å². The van der Waals surface area contributed by atoms with E-state index in [2.05, 4.69) is 20.8 Å². The van der Waals surface area contributed by atoms with Gasteiger partial charge in [-0.3, -0.25) is 4.90 Å². The molecule has 1 saturated heterocycles. The lowest BCUT2D eigenvalue weighted by molar-refractivity contribution is 0.219. The van der Waals surface area contributed by atoms with E-state index < -0.39 is 0 Å².